The Morgan fingerprint density at radius 3 is 2.78 bits per heavy atom. The molecule has 0 atom stereocenters. The van der Waals surface area contributed by atoms with Crippen LogP contribution in [0.15, 0.2) is 36.5 Å². The number of aromatic nitrogens is 1. The highest BCUT2D eigenvalue weighted by Crippen LogP contribution is 2.27. The van der Waals surface area contributed by atoms with E-state index in [1.54, 1.807) is 6.20 Å². The van der Waals surface area contributed by atoms with Gasteiger partial charge in [0.2, 0.25) is 0 Å². The molecule has 0 amide bonds. The number of ketones is 1. The highest BCUT2D eigenvalue weighted by atomic mass is 16.1. The molecule has 1 saturated carbocycles. The number of rotatable bonds is 3. The Balaban J connectivity index is 1.88. The zero-order valence-electron chi connectivity index (χ0n) is 10.4. The van der Waals surface area contributed by atoms with Gasteiger partial charge in [-0.1, -0.05) is 31.0 Å². The summed E-state index contributed by atoms with van der Waals surface area (Å²) in [6.07, 6.45) is 6.97. The highest BCUT2D eigenvalue weighted by Gasteiger charge is 2.22. The van der Waals surface area contributed by atoms with Crippen LogP contribution in [0.5, 0.6) is 0 Å². The maximum atomic E-state index is 12.2. The van der Waals surface area contributed by atoms with Crippen molar-refractivity contribution in [3.63, 3.8) is 0 Å². The van der Waals surface area contributed by atoms with Crippen LogP contribution in [0.3, 0.4) is 0 Å². The minimum Gasteiger partial charge on any atom is -0.299 e. The van der Waals surface area contributed by atoms with E-state index in [0.717, 1.165) is 29.3 Å². The van der Waals surface area contributed by atoms with Gasteiger partial charge in [-0.3, -0.25) is 9.78 Å². The SMILES string of the molecule is O=C(Cc1ccnc2ccccc12)C1CCCC1. The van der Waals surface area contributed by atoms with Crippen LogP contribution in [0.25, 0.3) is 10.9 Å². The van der Waals surface area contributed by atoms with Gasteiger partial charge in [0.1, 0.15) is 5.78 Å². The van der Waals surface area contributed by atoms with Crippen LogP contribution in [-0.4, -0.2) is 10.8 Å². The molecule has 92 valence electrons. The summed E-state index contributed by atoms with van der Waals surface area (Å²) in [4.78, 5) is 16.6. The number of benzene rings is 1. The number of fused-ring (bicyclic) bond motifs is 1. The molecule has 0 spiro atoms. The number of hydrogen-bond donors (Lipinski definition) is 0. The smallest absolute Gasteiger partial charge is 0.140 e. The Bertz CT molecular complexity index is 565. The van der Waals surface area contributed by atoms with Crippen LogP contribution in [-0.2, 0) is 11.2 Å². The molecule has 0 saturated heterocycles. The number of carbonyl (C=O) groups excluding carboxylic acids is 1. The van der Waals surface area contributed by atoms with Crippen LogP contribution in [0.4, 0.5) is 0 Å². The summed E-state index contributed by atoms with van der Waals surface area (Å²) in [7, 11) is 0. The zero-order valence-corrected chi connectivity index (χ0v) is 10.4. The first-order valence-electron chi connectivity index (χ1n) is 6.70. The zero-order chi connectivity index (χ0) is 12.4. The third-order valence-electron chi connectivity index (χ3n) is 3.91. The van der Waals surface area contributed by atoms with Crippen LogP contribution in [0, 0.1) is 5.92 Å². The van der Waals surface area contributed by atoms with E-state index in [0.29, 0.717) is 18.1 Å². The van der Waals surface area contributed by atoms with Gasteiger partial charge < -0.3 is 0 Å². The molecule has 2 nitrogen and oxygen atoms in total. The van der Waals surface area contributed by atoms with Gasteiger partial charge in [-0.2, -0.15) is 0 Å². The molecule has 0 unspecified atom stereocenters. The lowest BCUT2D eigenvalue weighted by atomic mass is 9.95. The minimum absolute atomic E-state index is 0.303. The van der Waals surface area contributed by atoms with Crippen molar-refractivity contribution < 1.29 is 4.79 Å². The van der Waals surface area contributed by atoms with Gasteiger partial charge in [-0.25, -0.2) is 0 Å². The molecule has 2 heteroatoms. The second kappa shape index (κ2) is 4.89. The Hall–Kier alpha value is -1.70. The number of para-hydroxylation sites is 1. The lowest BCUT2D eigenvalue weighted by molar-refractivity contribution is -0.122. The predicted octanol–water partition coefficient (Wildman–Crippen LogP) is 3.54. The van der Waals surface area contributed by atoms with E-state index in [-0.39, 0.29) is 0 Å². The molecular weight excluding hydrogens is 222 g/mol. The van der Waals surface area contributed by atoms with Crippen molar-refractivity contribution in [2.24, 2.45) is 5.92 Å². The fourth-order valence-electron chi connectivity index (χ4n) is 2.89. The Labute approximate surface area is 107 Å². The van der Waals surface area contributed by atoms with E-state index in [1.165, 1.54) is 12.8 Å². The van der Waals surface area contributed by atoms with E-state index >= 15 is 0 Å². The van der Waals surface area contributed by atoms with Gasteiger partial charge in [0.25, 0.3) is 0 Å². The lowest BCUT2D eigenvalue weighted by Gasteiger charge is -2.09. The van der Waals surface area contributed by atoms with Crippen molar-refractivity contribution in [2.45, 2.75) is 32.1 Å². The summed E-state index contributed by atoms with van der Waals surface area (Å²) < 4.78 is 0. The van der Waals surface area contributed by atoms with E-state index in [9.17, 15) is 4.79 Å². The first kappa shape index (κ1) is 11.4. The Kier molecular flexibility index (Phi) is 3.09. The molecule has 1 aromatic heterocycles. The fourth-order valence-corrected chi connectivity index (χ4v) is 2.89. The number of hydrogen-bond acceptors (Lipinski definition) is 2. The van der Waals surface area contributed by atoms with E-state index < -0.39 is 0 Å². The van der Waals surface area contributed by atoms with Crippen LogP contribution in [0.2, 0.25) is 0 Å². The topological polar surface area (TPSA) is 30.0 Å². The summed E-state index contributed by atoms with van der Waals surface area (Å²) in [5, 5.41) is 1.12. The molecule has 1 heterocycles. The lowest BCUT2D eigenvalue weighted by Crippen LogP contribution is -2.13. The average Bonchev–Trinajstić information content (AvgIpc) is 2.93. The van der Waals surface area contributed by atoms with Gasteiger partial charge >= 0.3 is 0 Å². The molecule has 0 N–H and O–H groups in total. The molecule has 1 aliphatic rings. The van der Waals surface area contributed by atoms with Crippen molar-refractivity contribution in [2.75, 3.05) is 0 Å². The van der Waals surface area contributed by atoms with Crippen LogP contribution in [0.1, 0.15) is 31.2 Å². The molecule has 0 aliphatic heterocycles. The number of carbonyl (C=O) groups is 1. The highest BCUT2D eigenvalue weighted by molar-refractivity contribution is 5.90. The summed E-state index contributed by atoms with van der Waals surface area (Å²) in [5.74, 6) is 0.709. The maximum absolute atomic E-state index is 12.2. The molecule has 1 fully saturated rings. The van der Waals surface area contributed by atoms with E-state index in [4.69, 9.17) is 0 Å². The van der Waals surface area contributed by atoms with Gasteiger partial charge in [-0.05, 0) is 30.5 Å². The van der Waals surface area contributed by atoms with Gasteiger partial charge in [0.15, 0.2) is 0 Å². The molecule has 2 aromatic rings. The van der Waals surface area contributed by atoms with Crippen molar-refractivity contribution in [3.05, 3.63) is 42.1 Å². The van der Waals surface area contributed by atoms with Crippen molar-refractivity contribution >= 4 is 16.7 Å². The van der Waals surface area contributed by atoms with Crippen LogP contribution < -0.4 is 0 Å². The van der Waals surface area contributed by atoms with Crippen molar-refractivity contribution in [1.82, 2.24) is 4.98 Å². The molecule has 0 radical (unpaired) electrons. The van der Waals surface area contributed by atoms with Crippen molar-refractivity contribution in [3.8, 4) is 0 Å². The molecule has 0 bridgehead atoms. The molecule has 1 aromatic carbocycles. The van der Waals surface area contributed by atoms with E-state index in [2.05, 4.69) is 11.1 Å². The predicted molar refractivity (Wildman–Crippen MR) is 72.4 cm³/mol. The monoisotopic (exact) mass is 239 g/mol. The first-order chi connectivity index (χ1) is 8.84. The summed E-state index contributed by atoms with van der Waals surface area (Å²) in [6, 6.07) is 10.0. The minimum atomic E-state index is 0.303. The van der Waals surface area contributed by atoms with Gasteiger partial charge in [0.05, 0.1) is 5.52 Å². The third-order valence-corrected chi connectivity index (χ3v) is 3.91. The summed E-state index contributed by atoms with van der Waals surface area (Å²) in [5.41, 5.74) is 2.10. The third kappa shape index (κ3) is 2.15. The van der Waals surface area contributed by atoms with Gasteiger partial charge in [-0.15, -0.1) is 0 Å². The summed E-state index contributed by atoms with van der Waals surface area (Å²) in [6.45, 7) is 0. The molecular formula is C16H17NO. The maximum Gasteiger partial charge on any atom is 0.140 e. The Morgan fingerprint density at radius 1 is 1.17 bits per heavy atom. The van der Waals surface area contributed by atoms with Gasteiger partial charge in [0, 0.05) is 23.9 Å². The molecule has 3 rings (SSSR count). The standard InChI is InChI=1S/C16H17NO/c18-16(12-5-1-2-6-12)11-13-9-10-17-15-8-4-3-7-14(13)15/h3-4,7-10,12H,1-2,5-6,11H2. The molecule has 1 aliphatic carbocycles. The fraction of sp³-hybridized carbons (Fsp3) is 0.375. The quantitative estimate of drug-likeness (QED) is 0.820. The van der Waals surface area contributed by atoms with E-state index in [1.807, 2.05) is 24.3 Å². The average molecular weight is 239 g/mol. The second-order valence-electron chi connectivity index (χ2n) is 5.11. The number of Topliss-reactive ketones (excluding diaryl/α,β-unsaturated/α-hetero) is 1. The first-order valence-corrected chi connectivity index (χ1v) is 6.70. The van der Waals surface area contributed by atoms with Crippen LogP contribution >= 0.6 is 0 Å². The Morgan fingerprint density at radius 2 is 1.94 bits per heavy atom. The molecule has 18 heavy (non-hydrogen) atoms. The largest absolute Gasteiger partial charge is 0.299 e. The number of pyridine rings is 1. The summed E-state index contributed by atoms with van der Waals surface area (Å²) >= 11 is 0. The number of nitrogens with zero attached hydrogens (tertiary/aromatic N) is 1. The van der Waals surface area contributed by atoms with Crippen molar-refractivity contribution in [1.29, 1.82) is 0 Å². The second-order valence-corrected chi connectivity index (χ2v) is 5.11. The normalized spacial score (nSPS) is 16.2.